The molecule has 0 radical (unpaired) electrons. The molecule has 1 aliphatic heterocycles. The Balaban J connectivity index is 1.90. The van der Waals surface area contributed by atoms with Gasteiger partial charge in [-0.05, 0) is 49.6 Å². The fourth-order valence-electron chi connectivity index (χ4n) is 3.61. The van der Waals surface area contributed by atoms with Gasteiger partial charge < -0.3 is 9.88 Å². The normalized spacial score (nSPS) is 14.8. The summed E-state index contributed by atoms with van der Waals surface area (Å²) < 4.78 is 2.53. The predicted octanol–water partition coefficient (Wildman–Crippen LogP) is 4.03. The average Bonchev–Trinajstić information content (AvgIpc) is 2.70. The van der Waals surface area contributed by atoms with Crippen molar-refractivity contribution in [3.05, 3.63) is 70.9 Å². The molecule has 0 unspecified atom stereocenters. The van der Waals surface area contributed by atoms with Crippen LogP contribution in [0.5, 0.6) is 0 Å². The van der Waals surface area contributed by atoms with Crippen molar-refractivity contribution in [2.24, 2.45) is 0 Å². The number of fused-ring (bicyclic) bond motifs is 3. The first-order valence-electron chi connectivity index (χ1n) is 8.18. The number of aryl methyl sites for hydroxylation is 1. The molecule has 0 saturated heterocycles. The van der Waals surface area contributed by atoms with E-state index in [-0.39, 0.29) is 0 Å². The van der Waals surface area contributed by atoms with Crippen molar-refractivity contribution in [2.45, 2.75) is 32.9 Å². The Labute approximate surface area is 131 Å². The Morgan fingerprint density at radius 1 is 1.09 bits per heavy atom. The first-order valence-corrected chi connectivity index (χ1v) is 8.18. The molecule has 1 aromatic heterocycles. The zero-order chi connectivity index (χ0) is 14.9. The van der Waals surface area contributed by atoms with Crippen LogP contribution in [0.3, 0.4) is 0 Å². The minimum absolute atomic E-state index is 0.968. The lowest BCUT2D eigenvalue weighted by atomic mass is 10.1. The summed E-state index contributed by atoms with van der Waals surface area (Å²) in [6.45, 7) is 5.27. The van der Waals surface area contributed by atoms with E-state index in [2.05, 4.69) is 65.3 Å². The van der Waals surface area contributed by atoms with Crippen LogP contribution >= 0.6 is 0 Å². The van der Waals surface area contributed by atoms with Gasteiger partial charge >= 0.3 is 0 Å². The molecule has 0 fully saturated rings. The Hall–Kier alpha value is -2.06. The molecule has 3 aromatic rings. The van der Waals surface area contributed by atoms with Crippen LogP contribution in [-0.2, 0) is 19.5 Å². The van der Waals surface area contributed by atoms with Gasteiger partial charge in [-0.1, -0.05) is 42.0 Å². The molecule has 2 aromatic carbocycles. The molecule has 2 heterocycles. The first kappa shape index (κ1) is 13.6. The minimum atomic E-state index is 0.968. The fourth-order valence-corrected chi connectivity index (χ4v) is 3.61. The molecule has 0 saturated carbocycles. The third-order valence-electron chi connectivity index (χ3n) is 4.69. The van der Waals surface area contributed by atoms with Crippen molar-refractivity contribution >= 4 is 10.9 Å². The lowest BCUT2D eigenvalue weighted by molar-refractivity contribution is 0.673. The van der Waals surface area contributed by atoms with Gasteiger partial charge in [-0.3, -0.25) is 0 Å². The van der Waals surface area contributed by atoms with Crippen molar-refractivity contribution in [2.75, 3.05) is 6.54 Å². The number of benzene rings is 2. The van der Waals surface area contributed by atoms with Gasteiger partial charge in [-0.25, -0.2) is 0 Å². The molecule has 22 heavy (non-hydrogen) atoms. The SMILES string of the molecule is Cc1ccc2c(c1)c1c(n2Cc2ccccc2)CCCNC1. The van der Waals surface area contributed by atoms with E-state index in [0.29, 0.717) is 0 Å². The fraction of sp³-hybridized carbons (Fsp3) is 0.300. The third-order valence-corrected chi connectivity index (χ3v) is 4.69. The number of nitrogens with zero attached hydrogens (tertiary/aromatic N) is 1. The van der Waals surface area contributed by atoms with Gasteiger partial charge in [0.05, 0.1) is 0 Å². The Morgan fingerprint density at radius 3 is 2.82 bits per heavy atom. The molecule has 2 nitrogen and oxygen atoms in total. The van der Waals surface area contributed by atoms with Crippen LogP contribution in [0.25, 0.3) is 10.9 Å². The number of aromatic nitrogens is 1. The van der Waals surface area contributed by atoms with Crippen molar-refractivity contribution in [1.82, 2.24) is 9.88 Å². The summed E-state index contributed by atoms with van der Waals surface area (Å²) in [4.78, 5) is 0. The average molecular weight is 290 g/mol. The molecule has 0 amide bonds. The quantitative estimate of drug-likeness (QED) is 0.754. The van der Waals surface area contributed by atoms with Crippen molar-refractivity contribution < 1.29 is 0 Å². The van der Waals surface area contributed by atoms with Gasteiger partial charge in [0, 0.05) is 29.7 Å². The van der Waals surface area contributed by atoms with Crippen LogP contribution in [0, 0.1) is 6.92 Å². The lowest BCUT2D eigenvalue weighted by Crippen LogP contribution is -2.11. The molecule has 0 spiro atoms. The number of nitrogens with one attached hydrogen (secondary N) is 1. The molecule has 112 valence electrons. The van der Waals surface area contributed by atoms with Gasteiger partial charge in [0.2, 0.25) is 0 Å². The number of hydrogen-bond acceptors (Lipinski definition) is 1. The minimum Gasteiger partial charge on any atom is -0.340 e. The standard InChI is InChI=1S/C20H22N2/c1-15-9-10-20-17(12-15)18-13-21-11-5-8-19(18)22(20)14-16-6-3-2-4-7-16/h2-4,6-7,9-10,12,21H,5,8,11,13-14H2,1H3. The van der Waals surface area contributed by atoms with Crippen LogP contribution < -0.4 is 5.32 Å². The summed E-state index contributed by atoms with van der Waals surface area (Å²) in [5.74, 6) is 0. The maximum atomic E-state index is 3.58. The number of rotatable bonds is 2. The van der Waals surface area contributed by atoms with E-state index >= 15 is 0 Å². The lowest BCUT2D eigenvalue weighted by Gasteiger charge is -2.11. The zero-order valence-electron chi connectivity index (χ0n) is 13.1. The molecular weight excluding hydrogens is 268 g/mol. The van der Waals surface area contributed by atoms with Crippen molar-refractivity contribution in [3.8, 4) is 0 Å². The molecule has 2 heteroatoms. The number of hydrogen-bond donors (Lipinski definition) is 1. The Bertz CT molecular complexity index is 799. The van der Waals surface area contributed by atoms with Crippen LogP contribution in [0.2, 0.25) is 0 Å². The summed E-state index contributed by atoms with van der Waals surface area (Å²) in [6.07, 6.45) is 2.39. The maximum Gasteiger partial charge on any atom is 0.0489 e. The van der Waals surface area contributed by atoms with E-state index in [1.807, 2.05) is 0 Å². The smallest absolute Gasteiger partial charge is 0.0489 e. The molecule has 1 aliphatic rings. The molecule has 0 bridgehead atoms. The highest BCUT2D eigenvalue weighted by Gasteiger charge is 2.18. The zero-order valence-corrected chi connectivity index (χ0v) is 13.1. The molecule has 4 rings (SSSR count). The monoisotopic (exact) mass is 290 g/mol. The topological polar surface area (TPSA) is 17.0 Å². The van der Waals surface area contributed by atoms with Crippen LogP contribution in [-0.4, -0.2) is 11.1 Å². The first-order chi connectivity index (χ1) is 10.8. The second-order valence-electron chi connectivity index (χ2n) is 6.30. The van der Waals surface area contributed by atoms with Crippen molar-refractivity contribution in [1.29, 1.82) is 0 Å². The highest BCUT2D eigenvalue weighted by molar-refractivity contribution is 5.86. The molecule has 0 aliphatic carbocycles. The van der Waals surface area contributed by atoms with Crippen LogP contribution in [0.4, 0.5) is 0 Å². The summed E-state index contributed by atoms with van der Waals surface area (Å²) in [7, 11) is 0. The summed E-state index contributed by atoms with van der Waals surface area (Å²) >= 11 is 0. The molecule has 0 atom stereocenters. The van der Waals surface area contributed by atoms with Gasteiger partial charge in [0.15, 0.2) is 0 Å². The predicted molar refractivity (Wildman–Crippen MR) is 92.2 cm³/mol. The Morgan fingerprint density at radius 2 is 1.95 bits per heavy atom. The van der Waals surface area contributed by atoms with E-state index in [4.69, 9.17) is 0 Å². The van der Waals surface area contributed by atoms with Gasteiger partial charge in [-0.15, -0.1) is 0 Å². The van der Waals surface area contributed by atoms with Crippen LogP contribution in [0.1, 0.15) is 28.8 Å². The summed E-state index contributed by atoms with van der Waals surface area (Å²) in [6, 6.07) is 17.7. The molecular formula is C20H22N2. The van der Waals surface area contributed by atoms with Gasteiger partial charge in [0.1, 0.15) is 0 Å². The highest BCUT2D eigenvalue weighted by Crippen LogP contribution is 2.30. The van der Waals surface area contributed by atoms with E-state index in [1.165, 1.54) is 46.1 Å². The maximum absolute atomic E-state index is 3.58. The van der Waals surface area contributed by atoms with Crippen LogP contribution in [0.15, 0.2) is 48.5 Å². The van der Waals surface area contributed by atoms with E-state index < -0.39 is 0 Å². The van der Waals surface area contributed by atoms with Crippen molar-refractivity contribution in [3.63, 3.8) is 0 Å². The van der Waals surface area contributed by atoms with Gasteiger partial charge in [0.25, 0.3) is 0 Å². The van der Waals surface area contributed by atoms with E-state index in [1.54, 1.807) is 0 Å². The van der Waals surface area contributed by atoms with E-state index in [0.717, 1.165) is 19.6 Å². The van der Waals surface area contributed by atoms with E-state index in [9.17, 15) is 0 Å². The summed E-state index contributed by atoms with van der Waals surface area (Å²) in [5.41, 5.74) is 7.13. The second-order valence-corrected chi connectivity index (χ2v) is 6.30. The van der Waals surface area contributed by atoms with Gasteiger partial charge in [-0.2, -0.15) is 0 Å². The Kier molecular flexibility index (Phi) is 3.47. The second kappa shape index (κ2) is 5.62. The molecule has 1 N–H and O–H groups in total. The third kappa shape index (κ3) is 2.34. The summed E-state index contributed by atoms with van der Waals surface area (Å²) in [5, 5.41) is 5.01. The largest absolute Gasteiger partial charge is 0.340 e. The highest BCUT2D eigenvalue weighted by atomic mass is 15.0.